The highest BCUT2D eigenvalue weighted by molar-refractivity contribution is 5.95. The summed E-state index contributed by atoms with van der Waals surface area (Å²) in [6, 6.07) is 4.03. The standard InChI is InChI=1S/C22H28FN5O3/c23-17-11-10-16(13-18(17)25-21(30)15-7-3-1-4-8-15)24-20(29)14-28-22(31)27-12-6-2-5-9-19(27)26-28/h10-11,13,15H,1-9,12,14H2,(H,24,29)(H,25,30). The number of benzene rings is 1. The topological polar surface area (TPSA) is 98.0 Å². The molecule has 9 heteroatoms. The van der Waals surface area contributed by atoms with Crippen molar-refractivity contribution in [2.24, 2.45) is 5.92 Å². The average Bonchev–Trinajstić information content (AvgIpc) is 2.92. The van der Waals surface area contributed by atoms with Crippen molar-refractivity contribution in [3.63, 3.8) is 0 Å². The molecule has 2 amide bonds. The van der Waals surface area contributed by atoms with Crippen LogP contribution in [0.2, 0.25) is 0 Å². The number of aromatic nitrogens is 3. The smallest absolute Gasteiger partial charge is 0.324 e. The first-order valence-electron chi connectivity index (χ1n) is 11.1. The second-order valence-electron chi connectivity index (χ2n) is 8.39. The summed E-state index contributed by atoms with van der Waals surface area (Å²) in [5.41, 5.74) is 0.102. The van der Waals surface area contributed by atoms with E-state index in [1.807, 2.05) is 0 Å². The number of nitrogens with zero attached hydrogens (tertiary/aromatic N) is 3. The molecule has 2 aromatic rings. The molecule has 0 spiro atoms. The highest BCUT2D eigenvalue weighted by Gasteiger charge is 2.22. The van der Waals surface area contributed by atoms with E-state index in [0.717, 1.165) is 57.8 Å². The fourth-order valence-electron chi connectivity index (χ4n) is 4.36. The Balaban J connectivity index is 1.41. The van der Waals surface area contributed by atoms with E-state index in [-0.39, 0.29) is 29.7 Å². The number of hydrogen-bond donors (Lipinski definition) is 2. The van der Waals surface area contributed by atoms with Gasteiger partial charge in [-0.15, -0.1) is 0 Å². The summed E-state index contributed by atoms with van der Waals surface area (Å²) in [5, 5.41) is 9.62. The van der Waals surface area contributed by atoms with E-state index in [1.165, 1.54) is 22.9 Å². The molecule has 0 saturated heterocycles. The molecule has 2 N–H and O–H groups in total. The molecule has 1 saturated carbocycles. The quantitative estimate of drug-likeness (QED) is 0.763. The maximum atomic E-state index is 14.2. The summed E-state index contributed by atoms with van der Waals surface area (Å²) >= 11 is 0. The minimum absolute atomic E-state index is 0.0410. The van der Waals surface area contributed by atoms with Gasteiger partial charge in [0.2, 0.25) is 11.8 Å². The number of aryl methyl sites for hydroxylation is 1. The number of carbonyl (C=O) groups excluding carboxylic acids is 2. The molecule has 1 aromatic carbocycles. The minimum atomic E-state index is -0.559. The van der Waals surface area contributed by atoms with E-state index in [1.54, 1.807) is 4.57 Å². The lowest BCUT2D eigenvalue weighted by Gasteiger charge is -2.21. The molecule has 31 heavy (non-hydrogen) atoms. The molecule has 0 atom stereocenters. The fraction of sp³-hybridized carbons (Fsp3) is 0.545. The Hall–Kier alpha value is -2.97. The van der Waals surface area contributed by atoms with Crippen LogP contribution in [0.4, 0.5) is 15.8 Å². The molecule has 0 bridgehead atoms. The van der Waals surface area contributed by atoms with Gasteiger partial charge in [-0.25, -0.2) is 13.9 Å². The van der Waals surface area contributed by atoms with E-state index in [0.29, 0.717) is 18.1 Å². The van der Waals surface area contributed by atoms with Gasteiger partial charge in [-0.05, 0) is 43.9 Å². The highest BCUT2D eigenvalue weighted by Crippen LogP contribution is 2.26. The zero-order valence-corrected chi connectivity index (χ0v) is 17.5. The van der Waals surface area contributed by atoms with Gasteiger partial charge in [-0.3, -0.25) is 14.2 Å². The van der Waals surface area contributed by atoms with Gasteiger partial charge in [-0.1, -0.05) is 25.7 Å². The van der Waals surface area contributed by atoms with Crippen molar-refractivity contribution in [1.82, 2.24) is 14.3 Å². The highest BCUT2D eigenvalue weighted by atomic mass is 19.1. The summed E-state index contributed by atoms with van der Waals surface area (Å²) in [7, 11) is 0. The van der Waals surface area contributed by atoms with Gasteiger partial charge in [0.25, 0.3) is 0 Å². The SMILES string of the molecule is O=C(Cn1nc2n(c1=O)CCCCC2)Nc1ccc(F)c(NC(=O)C2CCCCC2)c1. The molecule has 1 aliphatic carbocycles. The predicted octanol–water partition coefficient (Wildman–Crippen LogP) is 3.07. The molecule has 0 radical (unpaired) electrons. The number of halogens is 1. The van der Waals surface area contributed by atoms with Gasteiger partial charge in [0.15, 0.2) is 0 Å². The van der Waals surface area contributed by atoms with Gasteiger partial charge in [0.05, 0.1) is 5.69 Å². The summed E-state index contributed by atoms with van der Waals surface area (Å²) < 4.78 is 17.0. The van der Waals surface area contributed by atoms with Gasteiger partial charge < -0.3 is 10.6 Å². The number of anilines is 2. The van der Waals surface area contributed by atoms with Gasteiger partial charge in [0.1, 0.15) is 18.2 Å². The first-order valence-corrected chi connectivity index (χ1v) is 11.1. The van der Waals surface area contributed by atoms with E-state index in [4.69, 9.17) is 0 Å². The normalized spacial score (nSPS) is 16.9. The van der Waals surface area contributed by atoms with Crippen LogP contribution in [-0.2, 0) is 29.1 Å². The molecule has 4 rings (SSSR count). The van der Waals surface area contributed by atoms with E-state index in [2.05, 4.69) is 15.7 Å². The largest absolute Gasteiger partial charge is 0.346 e. The van der Waals surface area contributed by atoms with Gasteiger partial charge >= 0.3 is 5.69 Å². The molecule has 2 heterocycles. The van der Waals surface area contributed by atoms with Crippen molar-refractivity contribution in [1.29, 1.82) is 0 Å². The lowest BCUT2D eigenvalue weighted by Crippen LogP contribution is -2.30. The molecule has 1 aromatic heterocycles. The van der Waals surface area contributed by atoms with Gasteiger partial charge in [-0.2, -0.15) is 5.10 Å². The van der Waals surface area contributed by atoms with Gasteiger partial charge in [0, 0.05) is 24.6 Å². The lowest BCUT2D eigenvalue weighted by atomic mass is 9.88. The molecule has 1 aliphatic heterocycles. The Bertz CT molecular complexity index is 1020. The van der Waals surface area contributed by atoms with Crippen LogP contribution in [0.1, 0.15) is 57.2 Å². The fourth-order valence-corrected chi connectivity index (χ4v) is 4.36. The molecule has 0 unspecified atom stereocenters. The molecule has 166 valence electrons. The first-order chi connectivity index (χ1) is 15.0. The maximum absolute atomic E-state index is 14.2. The number of carbonyl (C=O) groups is 2. The van der Waals surface area contributed by atoms with Crippen molar-refractivity contribution in [2.75, 3.05) is 10.6 Å². The number of amides is 2. The number of rotatable bonds is 5. The van der Waals surface area contributed by atoms with Crippen molar-refractivity contribution in [3.05, 3.63) is 40.3 Å². The second-order valence-corrected chi connectivity index (χ2v) is 8.39. The summed E-state index contributed by atoms with van der Waals surface area (Å²) in [6.07, 6.45) is 8.46. The van der Waals surface area contributed by atoms with Crippen LogP contribution in [-0.4, -0.2) is 26.2 Å². The Morgan fingerprint density at radius 3 is 2.65 bits per heavy atom. The van der Waals surface area contributed by atoms with E-state index >= 15 is 0 Å². The molecular formula is C22H28FN5O3. The number of nitrogens with one attached hydrogen (secondary N) is 2. The Kier molecular flexibility index (Phi) is 6.48. The zero-order chi connectivity index (χ0) is 21.8. The second kappa shape index (κ2) is 9.45. The zero-order valence-electron chi connectivity index (χ0n) is 17.5. The molecular weight excluding hydrogens is 401 g/mol. The number of fused-ring (bicyclic) bond motifs is 1. The van der Waals surface area contributed by atoms with Crippen LogP contribution in [0.3, 0.4) is 0 Å². The number of hydrogen-bond acceptors (Lipinski definition) is 4. The molecule has 8 nitrogen and oxygen atoms in total. The van der Waals surface area contributed by atoms with Crippen molar-refractivity contribution in [3.8, 4) is 0 Å². The molecule has 2 aliphatic rings. The van der Waals surface area contributed by atoms with Crippen molar-refractivity contribution < 1.29 is 14.0 Å². The third kappa shape index (κ3) is 5.03. The van der Waals surface area contributed by atoms with Crippen molar-refractivity contribution in [2.45, 2.75) is 70.9 Å². The minimum Gasteiger partial charge on any atom is -0.324 e. The average molecular weight is 429 g/mol. The van der Waals surface area contributed by atoms with Crippen LogP contribution < -0.4 is 16.3 Å². The summed E-state index contributed by atoms with van der Waals surface area (Å²) in [5.74, 6) is -0.574. The van der Waals surface area contributed by atoms with Crippen LogP contribution in [0.15, 0.2) is 23.0 Å². The monoisotopic (exact) mass is 429 g/mol. The summed E-state index contributed by atoms with van der Waals surface area (Å²) in [4.78, 5) is 37.4. The van der Waals surface area contributed by atoms with E-state index in [9.17, 15) is 18.8 Å². The van der Waals surface area contributed by atoms with Crippen molar-refractivity contribution >= 4 is 23.2 Å². The Morgan fingerprint density at radius 1 is 1.06 bits per heavy atom. The third-order valence-corrected chi connectivity index (χ3v) is 6.06. The van der Waals surface area contributed by atoms with Crippen LogP contribution in [0.25, 0.3) is 0 Å². The van der Waals surface area contributed by atoms with Crippen LogP contribution in [0.5, 0.6) is 0 Å². The predicted molar refractivity (Wildman–Crippen MR) is 114 cm³/mol. The molecule has 1 fully saturated rings. The maximum Gasteiger partial charge on any atom is 0.346 e. The van der Waals surface area contributed by atoms with Crippen LogP contribution >= 0.6 is 0 Å². The third-order valence-electron chi connectivity index (χ3n) is 6.06. The van der Waals surface area contributed by atoms with E-state index < -0.39 is 11.7 Å². The van der Waals surface area contributed by atoms with Crippen LogP contribution in [0, 0.1) is 11.7 Å². The Labute approximate surface area is 179 Å². The summed E-state index contributed by atoms with van der Waals surface area (Å²) in [6.45, 7) is 0.401. The first kappa shape index (κ1) is 21.3. The lowest BCUT2D eigenvalue weighted by molar-refractivity contribution is -0.120. The Morgan fingerprint density at radius 2 is 1.84 bits per heavy atom.